The molecule has 0 radical (unpaired) electrons. The van der Waals surface area contributed by atoms with E-state index in [-0.39, 0.29) is 18.4 Å². The number of nitrogens with zero attached hydrogens (tertiary/aromatic N) is 1. The molecule has 0 unspecified atom stereocenters. The third-order valence-corrected chi connectivity index (χ3v) is 2.32. The number of carbonyl (C=O) groups excluding carboxylic acids is 2. The molecule has 1 N–H and O–H groups in total. The van der Waals surface area contributed by atoms with Crippen LogP contribution in [-0.4, -0.2) is 23.2 Å². The van der Waals surface area contributed by atoms with Crippen molar-refractivity contribution in [3.8, 4) is 0 Å². The number of rotatable bonds is 4. The lowest BCUT2D eigenvalue weighted by atomic mass is 10.3. The predicted octanol–water partition coefficient (Wildman–Crippen LogP) is 1.02. The van der Waals surface area contributed by atoms with Crippen molar-refractivity contribution in [3.63, 3.8) is 0 Å². The highest BCUT2D eigenvalue weighted by atomic mass is 32.1. The van der Waals surface area contributed by atoms with Crippen molar-refractivity contribution in [2.75, 3.05) is 0 Å². The molecule has 0 spiro atoms. The Labute approximate surface area is 86.4 Å². The Morgan fingerprint density at radius 2 is 2.43 bits per heavy atom. The van der Waals surface area contributed by atoms with Gasteiger partial charge in [-0.2, -0.15) is 0 Å². The molecule has 14 heavy (non-hydrogen) atoms. The van der Waals surface area contributed by atoms with Crippen molar-refractivity contribution >= 4 is 23.5 Å². The zero-order chi connectivity index (χ0) is 10.6. The van der Waals surface area contributed by atoms with Crippen molar-refractivity contribution in [1.82, 2.24) is 10.3 Å². The van der Waals surface area contributed by atoms with Crippen LogP contribution in [0.1, 0.15) is 29.3 Å². The molecule has 5 heteroatoms. The summed E-state index contributed by atoms with van der Waals surface area (Å²) in [6.07, 6.45) is 0.928. The predicted molar refractivity (Wildman–Crippen MR) is 54.5 cm³/mol. The quantitative estimate of drug-likeness (QED) is 0.758. The molecule has 1 rings (SSSR count). The molecule has 0 aromatic carbocycles. The molecule has 1 aromatic heterocycles. The number of carbonyl (C=O) groups is 2. The first-order chi connectivity index (χ1) is 6.61. The molecule has 0 aliphatic carbocycles. The fraction of sp³-hybridized carbons (Fsp3) is 0.444. The molecule has 0 atom stereocenters. The second kappa shape index (κ2) is 4.85. The number of nitrogens with one attached hydrogen (secondary N) is 1. The Kier molecular flexibility index (Phi) is 3.76. The van der Waals surface area contributed by atoms with Gasteiger partial charge in [0, 0.05) is 11.4 Å². The van der Waals surface area contributed by atoms with E-state index in [0.29, 0.717) is 17.0 Å². The van der Waals surface area contributed by atoms with Gasteiger partial charge in [-0.25, -0.2) is 4.98 Å². The summed E-state index contributed by atoms with van der Waals surface area (Å²) in [5.74, 6) is -0.0631. The van der Waals surface area contributed by atoms with Crippen LogP contribution in [0.15, 0.2) is 5.38 Å². The van der Waals surface area contributed by atoms with Gasteiger partial charge < -0.3 is 5.32 Å². The van der Waals surface area contributed by atoms with Gasteiger partial charge in [0.25, 0.3) is 0 Å². The fourth-order valence-corrected chi connectivity index (χ4v) is 1.71. The van der Waals surface area contributed by atoms with E-state index in [4.69, 9.17) is 0 Å². The van der Waals surface area contributed by atoms with Crippen LogP contribution in [0.3, 0.4) is 0 Å². The molecule has 76 valence electrons. The molecule has 0 saturated heterocycles. The number of aromatic nitrogens is 1. The van der Waals surface area contributed by atoms with Crippen LogP contribution in [-0.2, 0) is 11.2 Å². The van der Waals surface area contributed by atoms with Gasteiger partial charge in [-0.3, -0.25) is 9.59 Å². The zero-order valence-corrected chi connectivity index (χ0v) is 8.93. The highest BCUT2D eigenvalue weighted by Gasteiger charge is 2.08. The van der Waals surface area contributed by atoms with Gasteiger partial charge >= 0.3 is 0 Å². The van der Waals surface area contributed by atoms with Crippen molar-refractivity contribution in [3.05, 3.63) is 16.1 Å². The minimum Gasteiger partial charge on any atom is -0.354 e. The van der Waals surface area contributed by atoms with E-state index < -0.39 is 0 Å². The number of hydrogen-bond donors (Lipinski definition) is 1. The molecule has 0 fully saturated rings. The van der Waals surface area contributed by atoms with Crippen LogP contribution in [0.2, 0.25) is 0 Å². The molecule has 0 aliphatic heterocycles. The van der Waals surface area contributed by atoms with Crippen LogP contribution in [0.5, 0.6) is 0 Å². The lowest BCUT2D eigenvalue weighted by Gasteiger charge is -2.06. The van der Waals surface area contributed by atoms with Crippen molar-refractivity contribution in [1.29, 1.82) is 0 Å². The van der Waals surface area contributed by atoms with E-state index in [1.54, 1.807) is 5.38 Å². The second-order valence-corrected chi connectivity index (χ2v) is 4.13. The maximum atomic E-state index is 11.3. The standard InChI is InChI=1S/C9H12N2O2S/c1-6(2)10-8(13)3-9-11-7(4-12)5-14-9/h4-6H,3H2,1-2H3,(H,10,13). The SMILES string of the molecule is CC(C)NC(=O)Cc1nc(C=O)cs1. The summed E-state index contributed by atoms with van der Waals surface area (Å²) in [6, 6.07) is 0.132. The smallest absolute Gasteiger partial charge is 0.227 e. The average molecular weight is 212 g/mol. The van der Waals surface area contributed by atoms with Crippen molar-refractivity contribution in [2.24, 2.45) is 0 Å². The molecule has 0 aliphatic rings. The molecule has 0 bridgehead atoms. The van der Waals surface area contributed by atoms with Gasteiger partial charge in [-0.1, -0.05) is 0 Å². The topological polar surface area (TPSA) is 59.1 Å². The Morgan fingerprint density at radius 1 is 1.71 bits per heavy atom. The maximum absolute atomic E-state index is 11.3. The molecule has 1 aromatic rings. The van der Waals surface area contributed by atoms with Gasteiger partial charge in [-0.15, -0.1) is 11.3 Å². The number of aldehydes is 1. The largest absolute Gasteiger partial charge is 0.354 e. The van der Waals surface area contributed by atoms with Gasteiger partial charge in [0.15, 0.2) is 6.29 Å². The Balaban J connectivity index is 2.51. The second-order valence-electron chi connectivity index (χ2n) is 3.18. The maximum Gasteiger partial charge on any atom is 0.227 e. The Hall–Kier alpha value is -1.23. The van der Waals surface area contributed by atoms with Crippen LogP contribution < -0.4 is 5.32 Å². The Morgan fingerprint density at radius 3 is 2.93 bits per heavy atom. The summed E-state index contributed by atoms with van der Waals surface area (Å²) >= 11 is 1.33. The monoisotopic (exact) mass is 212 g/mol. The van der Waals surface area contributed by atoms with Crippen LogP contribution in [0.25, 0.3) is 0 Å². The first-order valence-electron chi connectivity index (χ1n) is 4.30. The molecule has 0 saturated carbocycles. The Bertz CT molecular complexity index is 333. The summed E-state index contributed by atoms with van der Waals surface area (Å²) in [6.45, 7) is 3.80. The zero-order valence-electron chi connectivity index (χ0n) is 8.11. The van der Waals surface area contributed by atoms with E-state index in [1.165, 1.54) is 11.3 Å². The van der Waals surface area contributed by atoms with Crippen LogP contribution in [0, 0.1) is 0 Å². The molecule has 4 nitrogen and oxygen atoms in total. The van der Waals surface area contributed by atoms with Crippen molar-refractivity contribution in [2.45, 2.75) is 26.3 Å². The number of amides is 1. The van der Waals surface area contributed by atoms with E-state index in [9.17, 15) is 9.59 Å². The molecular weight excluding hydrogens is 200 g/mol. The molecule has 1 heterocycles. The summed E-state index contributed by atoms with van der Waals surface area (Å²) in [7, 11) is 0. The lowest BCUT2D eigenvalue weighted by molar-refractivity contribution is -0.120. The van der Waals surface area contributed by atoms with E-state index in [2.05, 4.69) is 10.3 Å². The van der Waals surface area contributed by atoms with E-state index in [0.717, 1.165) is 0 Å². The van der Waals surface area contributed by atoms with Crippen molar-refractivity contribution < 1.29 is 9.59 Å². The fourth-order valence-electron chi connectivity index (χ4n) is 0.971. The van der Waals surface area contributed by atoms with Crippen LogP contribution >= 0.6 is 11.3 Å². The van der Waals surface area contributed by atoms with Gasteiger partial charge in [-0.05, 0) is 13.8 Å². The minimum atomic E-state index is -0.0631. The first-order valence-corrected chi connectivity index (χ1v) is 5.18. The lowest BCUT2D eigenvalue weighted by Crippen LogP contribution is -2.31. The normalized spacial score (nSPS) is 10.2. The third kappa shape index (κ3) is 3.26. The van der Waals surface area contributed by atoms with Gasteiger partial charge in [0.1, 0.15) is 10.7 Å². The molecule has 1 amide bonds. The minimum absolute atomic E-state index is 0.0631. The summed E-state index contributed by atoms with van der Waals surface area (Å²) < 4.78 is 0. The molecular formula is C9H12N2O2S. The van der Waals surface area contributed by atoms with Gasteiger partial charge in [0.2, 0.25) is 5.91 Å². The first kappa shape index (κ1) is 10.8. The van der Waals surface area contributed by atoms with Gasteiger partial charge in [0.05, 0.1) is 6.42 Å². The van der Waals surface area contributed by atoms with Crippen LogP contribution in [0.4, 0.5) is 0 Å². The van der Waals surface area contributed by atoms with E-state index >= 15 is 0 Å². The third-order valence-electron chi connectivity index (χ3n) is 1.45. The highest BCUT2D eigenvalue weighted by molar-refractivity contribution is 7.09. The summed E-state index contributed by atoms with van der Waals surface area (Å²) in [5, 5.41) is 5.07. The number of thiazole rings is 1. The highest BCUT2D eigenvalue weighted by Crippen LogP contribution is 2.08. The summed E-state index contributed by atoms with van der Waals surface area (Å²) in [5.41, 5.74) is 0.391. The number of hydrogen-bond acceptors (Lipinski definition) is 4. The average Bonchev–Trinajstić information content (AvgIpc) is 2.50. The summed E-state index contributed by atoms with van der Waals surface area (Å²) in [4.78, 5) is 25.6. The van der Waals surface area contributed by atoms with E-state index in [1.807, 2.05) is 13.8 Å².